The van der Waals surface area contributed by atoms with E-state index in [2.05, 4.69) is 24.0 Å². The summed E-state index contributed by atoms with van der Waals surface area (Å²) in [6.07, 6.45) is 1.52. The summed E-state index contributed by atoms with van der Waals surface area (Å²) < 4.78 is 5.09. The second-order valence-electron chi connectivity index (χ2n) is 4.23. The van der Waals surface area contributed by atoms with E-state index in [1.165, 1.54) is 11.8 Å². The van der Waals surface area contributed by atoms with Crippen molar-refractivity contribution in [1.29, 1.82) is 0 Å². The van der Waals surface area contributed by atoms with Gasteiger partial charge < -0.3 is 4.74 Å². The van der Waals surface area contributed by atoms with Crippen LogP contribution in [0, 0.1) is 0 Å². The summed E-state index contributed by atoms with van der Waals surface area (Å²) in [6, 6.07) is 10.6. The average Bonchev–Trinajstić information content (AvgIpc) is 2.40. The van der Waals surface area contributed by atoms with Crippen LogP contribution in [-0.2, 0) is 0 Å². The van der Waals surface area contributed by atoms with Gasteiger partial charge >= 0.3 is 5.97 Å². The predicted molar refractivity (Wildman–Crippen MR) is 67.5 cm³/mol. The zero-order valence-corrected chi connectivity index (χ0v) is 10.3. The molecule has 4 nitrogen and oxygen atoms in total. The van der Waals surface area contributed by atoms with Gasteiger partial charge in [-0.25, -0.2) is 4.79 Å². The largest absolute Gasteiger partial charge is 0.402 e. The van der Waals surface area contributed by atoms with E-state index in [9.17, 15) is 4.79 Å². The van der Waals surface area contributed by atoms with E-state index < -0.39 is 5.97 Å². The molecule has 2 rings (SSSR count). The fraction of sp³-hybridized carbons (Fsp3) is 0.214. The van der Waals surface area contributed by atoms with Crippen molar-refractivity contribution in [3.8, 4) is 5.88 Å². The van der Waals surface area contributed by atoms with Crippen LogP contribution in [0.4, 0.5) is 0 Å². The summed E-state index contributed by atoms with van der Waals surface area (Å²) in [4.78, 5) is 11.8. The Kier molecular flexibility index (Phi) is 3.67. The van der Waals surface area contributed by atoms with Crippen molar-refractivity contribution in [2.24, 2.45) is 0 Å². The molecule has 0 atom stereocenters. The summed E-state index contributed by atoms with van der Waals surface area (Å²) >= 11 is 0. The molecule has 0 saturated carbocycles. The van der Waals surface area contributed by atoms with Gasteiger partial charge in [0, 0.05) is 12.3 Å². The number of rotatable bonds is 3. The molecule has 0 aliphatic rings. The van der Waals surface area contributed by atoms with Crippen molar-refractivity contribution in [3.05, 3.63) is 53.7 Å². The summed E-state index contributed by atoms with van der Waals surface area (Å²) in [7, 11) is 0. The molecule has 4 heteroatoms. The zero-order valence-electron chi connectivity index (χ0n) is 10.3. The van der Waals surface area contributed by atoms with Crippen LogP contribution in [0.25, 0.3) is 0 Å². The molecule has 0 saturated heterocycles. The van der Waals surface area contributed by atoms with E-state index in [1.54, 1.807) is 24.3 Å². The van der Waals surface area contributed by atoms with E-state index in [0.29, 0.717) is 11.5 Å². The number of nitrogens with zero attached hydrogens (tertiary/aromatic N) is 2. The zero-order chi connectivity index (χ0) is 13.0. The van der Waals surface area contributed by atoms with Gasteiger partial charge in [0.25, 0.3) is 0 Å². The Balaban J connectivity index is 2.10. The van der Waals surface area contributed by atoms with Crippen LogP contribution < -0.4 is 4.74 Å². The number of ether oxygens (including phenoxy) is 1. The molecule has 0 amide bonds. The molecule has 0 N–H and O–H groups in total. The second-order valence-corrected chi connectivity index (χ2v) is 4.23. The normalized spacial score (nSPS) is 10.4. The molecule has 0 radical (unpaired) electrons. The highest BCUT2D eigenvalue weighted by atomic mass is 16.5. The molecular weight excluding hydrogens is 228 g/mol. The highest BCUT2D eigenvalue weighted by Crippen LogP contribution is 2.15. The van der Waals surface area contributed by atoms with Crippen LogP contribution in [0.5, 0.6) is 5.88 Å². The first-order valence-corrected chi connectivity index (χ1v) is 5.76. The van der Waals surface area contributed by atoms with Gasteiger partial charge in [0.15, 0.2) is 0 Å². The molecule has 2 aromatic rings. The molecule has 18 heavy (non-hydrogen) atoms. The van der Waals surface area contributed by atoms with E-state index in [1.807, 2.05) is 12.1 Å². The number of carbonyl (C=O) groups is 1. The molecule has 92 valence electrons. The Bertz CT molecular complexity index is 521. The van der Waals surface area contributed by atoms with E-state index in [0.717, 1.165) is 0 Å². The number of benzene rings is 1. The highest BCUT2D eigenvalue weighted by molar-refractivity contribution is 5.90. The topological polar surface area (TPSA) is 52.1 Å². The molecule has 0 fully saturated rings. The number of hydrogen-bond donors (Lipinski definition) is 0. The van der Waals surface area contributed by atoms with Crippen LogP contribution in [0.15, 0.2) is 42.6 Å². The Labute approximate surface area is 106 Å². The van der Waals surface area contributed by atoms with Gasteiger partial charge in [-0.2, -0.15) is 5.10 Å². The molecule has 1 heterocycles. The molecule has 1 aromatic heterocycles. The number of aromatic nitrogens is 2. The lowest BCUT2D eigenvalue weighted by Gasteiger charge is -2.06. The van der Waals surface area contributed by atoms with Gasteiger partial charge in [-0.1, -0.05) is 26.0 Å². The highest BCUT2D eigenvalue weighted by Gasteiger charge is 2.09. The van der Waals surface area contributed by atoms with Crippen molar-refractivity contribution in [1.82, 2.24) is 10.2 Å². The third kappa shape index (κ3) is 2.91. The summed E-state index contributed by atoms with van der Waals surface area (Å²) in [5.74, 6) is 0.219. The average molecular weight is 242 g/mol. The van der Waals surface area contributed by atoms with E-state index in [-0.39, 0.29) is 5.88 Å². The lowest BCUT2D eigenvalue weighted by atomic mass is 10.0. The van der Waals surface area contributed by atoms with Crippen molar-refractivity contribution in [2.75, 3.05) is 0 Å². The molecule has 1 aromatic carbocycles. The summed E-state index contributed by atoms with van der Waals surface area (Å²) in [6.45, 7) is 4.21. The monoisotopic (exact) mass is 242 g/mol. The van der Waals surface area contributed by atoms with Crippen LogP contribution >= 0.6 is 0 Å². The van der Waals surface area contributed by atoms with Crippen molar-refractivity contribution >= 4 is 5.97 Å². The molecule has 0 aliphatic carbocycles. The fourth-order valence-corrected chi connectivity index (χ4v) is 1.50. The van der Waals surface area contributed by atoms with Crippen molar-refractivity contribution < 1.29 is 9.53 Å². The van der Waals surface area contributed by atoms with Crippen LogP contribution in [0.2, 0.25) is 0 Å². The van der Waals surface area contributed by atoms with E-state index in [4.69, 9.17) is 4.74 Å². The van der Waals surface area contributed by atoms with E-state index >= 15 is 0 Å². The minimum Gasteiger partial charge on any atom is -0.402 e. The lowest BCUT2D eigenvalue weighted by molar-refractivity contribution is 0.0726. The fourth-order valence-electron chi connectivity index (χ4n) is 1.50. The third-order valence-corrected chi connectivity index (χ3v) is 2.56. The maximum atomic E-state index is 11.8. The number of hydrogen-bond acceptors (Lipinski definition) is 4. The third-order valence-electron chi connectivity index (χ3n) is 2.56. The molecule has 0 bridgehead atoms. The van der Waals surface area contributed by atoms with Gasteiger partial charge in [-0.05, 0) is 29.7 Å². The number of carbonyl (C=O) groups excluding carboxylic acids is 1. The molecular formula is C14H14N2O2. The lowest BCUT2D eigenvalue weighted by Crippen LogP contribution is -2.09. The summed E-state index contributed by atoms with van der Waals surface area (Å²) in [5, 5.41) is 7.34. The standard InChI is InChI=1S/C14H14N2O2/c1-10(2)11-5-7-12(8-6-11)14(17)18-13-4-3-9-15-16-13/h3-10H,1-2H3. The van der Waals surface area contributed by atoms with Gasteiger partial charge in [-0.15, -0.1) is 5.10 Å². The first-order chi connectivity index (χ1) is 8.66. The molecule has 0 spiro atoms. The van der Waals surface area contributed by atoms with Gasteiger partial charge in [0.05, 0.1) is 5.56 Å². The maximum absolute atomic E-state index is 11.8. The van der Waals surface area contributed by atoms with Crippen LogP contribution in [-0.4, -0.2) is 16.2 Å². The SMILES string of the molecule is CC(C)c1ccc(C(=O)Oc2cccnn2)cc1. The quantitative estimate of drug-likeness (QED) is 0.776. The Morgan fingerprint density at radius 2 is 1.89 bits per heavy atom. The van der Waals surface area contributed by atoms with Crippen molar-refractivity contribution in [2.45, 2.75) is 19.8 Å². The summed E-state index contributed by atoms with van der Waals surface area (Å²) in [5.41, 5.74) is 1.69. The smallest absolute Gasteiger partial charge is 0.344 e. The van der Waals surface area contributed by atoms with Crippen molar-refractivity contribution in [3.63, 3.8) is 0 Å². The minimum absolute atomic E-state index is 0.204. The van der Waals surface area contributed by atoms with Gasteiger partial charge in [0.2, 0.25) is 5.88 Å². The van der Waals surface area contributed by atoms with Gasteiger partial charge in [0.1, 0.15) is 0 Å². The first-order valence-electron chi connectivity index (χ1n) is 5.76. The maximum Gasteiger partial charge on any atom is 0.344 e. The Morgan fingerprint density at radius 1 is 1.17 bits per heavy atom. The molecule has 0 aliphatic heterocycles. The first kappa shape index (κ1) is 12.2. The second kappa shape index (κ2) is 5.40. The van der Waals surface area contributed by atoms with Crippen LogP contribution in [0.1, 0.15) is 35.7 Å². The predicted octanol–water partition coefficient (Wildman–Crippen LogP) is 2.82. The number of esters is 1. The van der Waals surface area contributed by atoms with Crippen LogP contribution in [0.3, 0.4) is 0 Å². The Morgan fingerprint density at radius 3 is 2.44 bits per heavy atom. The van der Waals surface area contributed by atoms with Gasteiger partial charge in [-0.3, -0.25) is 0 Å². The molecule has 0 unspecified atom stereocenters. The minimum atomic E-state index is -0.425. The Hall–Kier alpha value is -2.23.